The maximum absolute atomic E-state index is 11.5. The number of ether oxygens (including phenoxy) is 1. The minimum atomic E-state index is -0.454. The number of hydrogen-bond donors (Lipinski definition) is 3. The summed E-state index contributed by atoms with van der Waals surface area (Å²) in [6.07, 6.45) is 2.79. The standard InChI is InChI=1S/C16H34N4O2/c1-13(2)9-7-10-18-14(17-6)19-11-8-12-20-15(21)22-16(3,4)5/h13H,7-12H2,1-6H3,(H,20,21)(H2,17,18,19). The van der Waals surface area contributed by atoms with Gasteiger partial charge in [-0.05, 0) is 46.0 Å². The second-order valence-corrected chi connectivity index (χ2v) is 6.74. The zero-order valence-corrected chi connectivity index (χ0v) is 15.1. The highest BCUT2D eigenvalue weighted by molar-refractivity contribution is 5.79. The second-order valence-electron chi connectivity index (χ2n) is 6.74. The highest BCUT2D eigenvalue weighted by Gasteiger charge is 2.15. The number of alkyl carbamates (subject to hydrolysis) is 1. The monoisotopic (exact) mass is 314 g/mol. The predicted octanol–water partition coefficient (Wildman–Crippen LogP) is 2.50. The maximum atomic E-state index is 11.5. The van der Waals surface area contributed by atoms with Crippen LogP contribution in [-0.4, -0.2) is 44.3 Å². The van der Waals surface area contributed by atoms with Gasteiger partial charge < -0.3 is 20.7 Å². The predicted molar refractivity (Wildman–Crippen MR) is 92.3 cm³/mol. The van der Waals surface area contributed by atoms with Gasteiger partial charge in [-0.3, -0.25) is 4.99 Å². The zero-order valence-electron chi connectivity index (χ0n) is 15.1. The Morgan fingerprint density at radius 2 is 1.59 bits per heavy atom. The minimum absolute atomic E-state index is 0.372. The number of aliphatic imine (C=N–C) groups is 1. The van der Waals surface area contributed by atoms with E-state index in [1.807, 2.05) is 20.8 Å². The number of hydrogen-bond acceptors (Lipinski definition) is 3. The summed E-state index contributed by atoms with van der Waals surface area (Å²) in [6.45, 7) is 12.3. The molecule has 0 unspecified atom stereocenters. The van der Waals surface area contributed by atoms with Gasteiger partial charge in [-0.2, -0.15) is 0 Å². The van der Waals surface area contributed by atoms with Gasteiger partial charge in [-0.25, -0.2) is 4.79 Å². The van der Waals surface area contributed by atoms with Gasteiger partial charge in [-0.15, -0.1) is 0 Å². The Balaban J connectivity index is 3.65. The van der Waals surface area contributed by atoms with Crippen molar-refractivity contribution in [1.82, 2.24) is 16.0 Å². The first-order valence-corrected chi connectivity index (χ1v) is 8.16. The average Bonchev–Trinajstić information content (AvgIpc) is 2.38. The number of carbonyl (C=O) groups is 1. The molecule has 0 aromatic rings. The first-order chi connectivity index (χ1) is 10.2. The lowest BCUT2D eigenvalue weighted by atomic mass is 10.1. The molecule has 1 amide bonds. The molecule has 0 aliphatic heterocycles. The third-order valence-electron chi connectivity index (χ3n) is 2.79. The molecule has 3 N–H and O–H groups in total. The number of rotatable bonds is 8. The highest BCUT2D eigenvalue weighted by Crippen LogP contribution is 2.06. The third kappa shape index (κ3) is 13.5. The molecule has 6 heteroatoms. The summed E-state index contributed by atoms with van der Waals surface area (Å²) in [5, 5.41) is 9.24. The summed E-state index contributed by atoms with van der Waals surface area (Å²) in [5.74, 6) is 1.54. The molecule has 0 saturated heterocycles. The summed E-state index contributed by atoms with van der Waals surface area (Å²) >= 11 is 0. The van der Waals surface area contributed by atoms with Crippen molar-refractivity contribution in [2.24, 2.45) is 10.9 Å². The van der Waals surface area contributed by atoms with Crippen LogP contribution in [0.2, 0.25) is 0 Å². The highest BCUT2D eigenvalue weighted by atomic mass is 16.6. The van der Waals surface area contributed by atoms with Crippen molar-refractivity contribution >= 4 is 12.1 Å². The molecule has 0 aromatic carbocycles. The van der Waals surface area contributed by atoms with Crippen LogP contribution in [0.15, 0.2) is 4.99 Å². The Bertz CT molecular complexity index is 336. The van der Waals surface area contributed by atoms with Crippen LogP contribution in [0.3, 0.4) is 0 Å². The molecule has 0 heterocycles. The molecular weight excluding hydrogens is 280 g/mol. The Hall–Kier alpha value is -1.46. The van der Waals surface area contributed by atoms with Crippen molar-refractivity contribution in [3.05, 3.63) is 0 Å². The van der Waals surface area contributed by atoms with Gasteiger partial charge in [0.15, 0.2) is 5.96 Å². The van der Waals surface area contributed by atoms with E-state index in [2.05, 4.69) is 34.8 Å². The molecule has 6 nitrogen and oxygen atoms in total. The normalized spacial score (nSPS) is 12.2. The van der Waals surface area contributed by atoms with Crippen LogP contribution in [0, 0.1) is 5.92 Å². The van der Waals surface area contributed by atoms with Crippen LogP contribution >= 0.6 is 0 Å². The van der Waals surface area contributed by atoms with Crippen molar-refractivity contribution in [3.63, 3.8) is 0 Å². The summed E-state index contributed by atoms with van der Waals surface area (Å²) in [6, 6.07) is 0. The molecule has 0 spiro atoms. The van der Waals surface area contributed by atoms with Gasteiger partial charge in [0, 0.05) is 26.7 Å². The molecule has 0 aromatic heterocycles. The van der Waals surface area contributed by atoms with E-state index in [-0.39, 0.29) is 6.09 Å². The summed E-state index contributed by atoms with van der Waals surface area (Å²) in [7, 11) is 1.76. The number of nitrogens with zero attached hydrogens (tertiary/aromatic N) is 1. The van der Waals surface area contributed by atoms with E-state index in [0.717, 1.165) is 37.8 Å². The Morgan fingerprint density at radius 3 is 2.09 bits per heavy atom. The smallest absolute Gasteiger partial charge is 0.407 e. The zero-order chi connectivity index (χ0) is 17.0. The summed E-state index contributed by atoms with van der Waals surface area (Å²) in [5.41, 5.74) is -0.454. The van der Waals surface area contributed by atoms with Gasteiger partial charge in [0.1, 0.15) is 5.60 Å². The van der Waals surface area contributed by atoms with Gasteiger partial charge >= 0.3 is 6.09 Å². The molecular formula is C16H34N4O2. The average molecular weight is 314 g/mol. The fourth-order valence-corrected chi connectivity index (χ4v) is 1.74. The van der Waals surface area contributed by atoms with E-state index >= 15 is 0 Å². The summed E-state index contributed by atoms with van der Waals surface area (Å²) < 4.78 is 5.16. The summed E-state index contributed by atoms with van der Waals surface area (Å²) in [4.78, 5) is 15.6. The fraction of sp³-hybridized carbons (Fsp3) is 0.875. The Morgan fingerprint density at radius 1 is 1.05 bits per heavy atom. The molecule has 0 aliphatic rings. The van der Waals surface area contributed by atoms with E-state index in [0.29, 0.717) is 6.54 Å². The van der Waals surface area contributed by atoms with E-state index in [4.69, 9.17) is 4.74 Å². The molecule has 130 valence electrons. The molecule has 0 saturated carbocycles. The second kappa shape index (κ2) is 11.2. The lowest BCUT2D eigenvalue weighted by molar-refractivity contribution is 0.0527. The Labute approximate surface area is 135 Å². The maximum Gasteiger partial charge on any atom is 0.407 e. The Kier molecular flexibility index (Phi) is 10.4. The minimum Gasteiger partial charge on any atom is -0.444 e. The number of carbonyl (C=O) groups excluding carboxylic acids is 1. The topological polar surface area (TPSA) is 74.8 Å². The lowest BCUT2D eigenvalue weighted by Gasteiger charge is -2.19. The molecule has 0 atom stereocenters. The molecule has 0 bridgehead atoms. The van der Waals surface area contributed by atoms with Gasteiger partial charge in [0.25, 0.3) is 0 Å². The first kappa shape index (κ1) is 20.5. The number of guanidine groups is 1. The quantitative estimate of drug-likeness (QED) is 0.365. The van der Waals surface area contributed by atoms with Crippen molar-refractivity contribution in [3.8, 4) is 0 Å². The molecule has 22 heavy (non-hydrogen) atoms. The van der Waals surface area contributed by atoms with Crippen LogP contribution in [0.1, 0.15) is 53.9 Å². The SMILES string of the molecule is CN=C(NCCCNC(=O)OC(C)(C)C)NCCCC(C)C. The van der Waals surface area contributed by atoms with Crippen LogP contribution < -0.4 is 16.0 Å². The van der Waals surface area contributed by atoms with E-state index in [9.17, 15) is 4.79 Å². The van der Waals surface area contributed by atoms with Gasteiger partial charge in [0.2, 0.25) is 0 Å². The number of nitrogens with one attached hydrogen (secondary N) is 3. The van der Waals surface area contributed by atoms with Crippen LogP contribution in [0.25, 0.3) is 0 Å². The first-order valence-electron chi connectivity index (χ1n) is 8.16. The molecule has 0 radical (unpaired) electrons. The molecule has 0 aliphatic carbocycles. The van der Waals surface area contributed by atoms with Crippen molar-refractivity contribution in [1.29, 1.82) is 0 Å². The van der Waals surface area contributed by atoms with Crippen molar-refractivity contribution in [2.45, 2.75) is 59.5 Å². The molecule has 0 fully saturated rings. The van der Waals surface area contributed by atoms with Crippen molar-refractivity contribution < 1.29 is 9.53 Å². The van der Waals surface area contributed by atoms with Crippen LogP contribution in [-0.2, 0) is 4.74 Å². The van der Waals surface area contributed by atoms with Crippen LogP contribution in [0.5, 0.6) is 0 Å². The van der Waals surface area contributed by atoms with E-state index < -0.39 is 5.60 Å². The fourth-order valence-electron chi connectivity index (χ4n) is 1.74. The van der Waals surface area contributed by atoms with E-state index in [1.165, 1.54) is 6.42 Å². The van der Waals surface area contributed by atoms with Gasteiger partial charge in [-0.1, -0.05) is 13.8 Å². The third-order valence-corrected chi connectivity index (χ3v) is 2.79. The van der Waals surface area contributed by atoms with Crippen LogP contribution in [0.4, 0.5) is 4.79 Å². The largest absolute Gasteiger partial charge is 0.444 e. The molecule has 0 rings (SSSR count). The lowest BCUT2D eigenvalue weighted by Crippen LogP contribution is -2.39. The number of amides is 1. The van der Waals surface area contributed by atoms with E-state index in [1.54, 1.807) is 7.05 Å². The van der Waals surface area contributed by atoms with Gasteiger partial charge in [0.05, 0.1) is 0 Å². The van der Waals surface area contributed by atoms with Crippen molar-refractivity contribution in [2.75, 3.05) is 26.7 Å².